The lowest BCUT2D eigenvalue weighted by Gasteiger charge is -2.42. The molecule has 2 aliphatic rings. The lowest BCUT2D eigenvalue weighted by atomic mass is 9.86. The van der Waals surface area contributed by atoms with Gasteiger partial charge in [-0.2, -0.15) is 0 Å². The third-order valence-corrected chi connectivity index (χ3v) is 4.99. The number of pyridine rings is 1. The van der Waals surface area contributed by atoms with Crippen molar-refractivity contribution in [2.45, 2.75) is 57.2 Å². The van der Waals surface area contributed by atoms with Crippen molar-refractivity contribution in [2.75, 3.05) is 0 Å². The number of carboxylic acid groups (broad SMARTS) is 1. The maximum Gasteiger partial charge on any atom is 0.303 e. The average Bonchev–Trinajstić information content (AvgIpc) is 2.70. The predicted octanol–water partition coefficient (Wildman–Crippen LogP) is 2.86. The summed E-state index contributed by atoms with van der Waals surface area (Å²) in [7, 11) is 0. The lowest BCUT2D eigenvalue weighted by molar-refractivity contribution is -0.138. The van der Waals surface area contributed by atoms with Crippen LogP contribution >= 0.6 is 0 Å². The molecule has 3 atom stereocenters. The second kappa shape index (κ2) is 5.52. The van der Waals surface area contributed by atoms with E-state index in [4.69, 9.17) is 5.11 Å². The van der Waals surface area contributed by atoms with Gasteiger partial charge in [0.15, 0.2) is 0 Å². The van der Waals surface area contributed by atoms with E-state index in [1.54, 1.807) is 0 Å². The van der Waals surface area contributed by atoms with Gasteiger partial charge in [0.2, 0.25) is 0 Å². The van der Waals surface area contributed by atoms with Crippen LogP contribution in [0.3, 0.4) is 0 Å². The molecule has 4 nitrogen and oxygen atoms in total. The Hall–Kier alpha value is -1.42. The van der Waals surface area contributed by atoms with E-state index in [9.17, 15) is 4.79 Å². The van der Waals surface area contributed by atoms with Crippen LogP contribution in [-0.2, 0) is 4.79 Å². The first-order valence-corrected chi connectivity index (χ1v) is 7.54. The minimum absolute atomic E-state index is 0.338. The zero-order valence-electron chi connectivity index (χ0n) is 11.9. The molecule has 0 aromatic carbocycles. The van der Waals surface area contributed by atoms with E-state index >= 15 is 0 Å². The number of hydrogen-bond acceptors (Lipinski definition) is 3. The van der Waals surface area contributed by atoms with Gasteiger partial charge in [-0.05, 0) is 56.2 Å². The van der Waals surface area contributed by atoms with E-state index in [2.05, 4.69) is 28.9 Å². The molecule has 1 aromatic heterocycles. The van der Waals surface area contributed by atoms with Crippen molar-refractivity contribution >= 4 is 5.97 Å². The highest BCUT2D eigenvalue weighted by molar-refractivity contribution is 5.67. The molecule has 3 unspecified atom stereocenters. The standard InChI is InChI=1S/C16H22N2O2/c1-11(13-4-6-17-7-5-13)18-14-2-3-15(18)9-12(8-14)10-16(19)20/h4-7,11-12,14-15H,2-3,8-10H2,1H3,(H,19,20). The Labute approximate surface area is 119 Å². The molecule has 20 heavy (non-hydrogen) atoms. The van der Waals surface area contributed by atoms with Crippen LogP contribution in [0.25, 0.3) is 0 Å². The summed E-state index contributed by atoms with van der Waals surface area (Å²) in [6.07, 6.45) is 8.56. The first-order valence-electron chi connectivity index (χ1n) is 7.54. The van der Waals surface area contributed by atoms with Crippen molar-refractivity contribution in [3.8, 4) is 0 Å². The highest BCUT2D eigenvalue weighted by atomic mass is 16.4. The topological polar surface area (TPSA) is 53.4 Å². The maximum absolute atomic E-state index is 10.9. The second-order valence-corrected chi connectivity index (χ2v) is 6.22. The van der Waals surface area contributed by atoms with E-state index in [-0.39, 0.29) is 0 Å². The minimum Gasteiger partial charge on any atom is -0.481 e. The summed E-state index contributed by atoms with van der Waals surface area (Å²) >= 11 is 0. The van der Waals surface area contributed by atoms with Crippen molar-refractivity contribution in [3.63, 3.8) is 0 Å². The van der Waals surface area contributed by atoms with Crippen LogP contribution in [0, 0.1) is 5.92 Å². The van der Waals surface area contributed by atoms with Gasteiger partial charge in [-0.1, -0.05) is 0 Å². The van der Waals surface area contributed by atoms with Crippen LogP contribution in [-0.4, -0.2) is 33.0 Å². The zero-order chi connectivity index (χ0) is 14.1. The van der Waals surface area contributed by atoms with Crippen molar-refractivity contribution in [1.82, 2.24) is 9.88 Å². The fourth-order valence-corrected chi connectivity index (χ4v) is 4.19. The normalized spacial score (nSPS) is 31.1. The Bertz CT molecular complexity index is 463. The molecule has 4 heteroatoms. The van der Waals surface area contributed by atoms with Crippen molar-refractivity contribution in [2.24, 2.45) is 5.92 Å². The smallest absolute Gasteiger partial charge is 0.303 e. The van der Waals surface area contributed by atoms with E-state index in [0.717, 1.165) is 12.8 Å². The Morgan fingerprint density at radius 3 is 2.50 bits per heavy atom. The third kappa shape index (κ3) is 2.57. The van der Waals surface area contributed by atoms with Gasteiger partial charge in [0.25, 0.3) is 0 Å². The van der Waals surface area contributed by atoms with Crippen LogP contribution in [0.1, 0.15) is 50.6 Å². The molecule has 2 aliphatic heterocycles. The number of aromatic nitrogens is 1. The predicted molar refractivity (Wildman–Crippen MR) is 76.3 cm³/mol. The lowest BCUT2D eigenvalue weighted by Crippen LogP contribution is -2.44. The van der Waals surface area contributed by atoms with E-state index in [1.165, 1.54) is 18.4 Å². The molecule has 3 rings (SSSR count). The summed E-state index contributed by atoms with van der Waals surface area (Å²) in [5, 5.41) is 8.99. The summed E-state index contributed by atoms with van der Waals surface area (Å²) < 4.78 is 0. The van der Waals surface area contributed by atoms with Crippen molar-refractivity contribution in [3.05, 3.63) is 30.1 Å². The Morgan fingerprint density at radius 2 is 1.95 bits per heavy atom. The molecule has 2 bridgehead atoms. The van der Waals surface area contributed by atoms with Crippen molar-refractivity contribution in [1.29, 1.82) is 0 Å². The number of aliphatic carboxylic acids is 1. The minimum atomic E-state index is -0.648. The molecular weight excluding hydrogens is 252 g/mol. The molecule has 1 N–H and O–H groups in total. The average molecular weight is 274 g/mol. The fraction of sp³-hybridized carbons (Fsp3) is 0.625. The number of fused-ring (bicyclic) bond motifs is 2. The van der Waals surface area contributed by atoms with Crippen LogP contribution in [0.4, 0.5) is 0 Å². The molecule has 0 spiro atoms. The summed E-state index contributed by atoms with van der Waals surface area (Å²) in [5.74, 6) is -0.282. The number of piperidine rings is 1. The number of nitrogens with zero attached hydrogens (tertiary/aromatic N) is 2. The van der Waals surface area contributed by atoms with Gasteiger partial charge in [0.1, 0.15) is 0 Å². The number of hydrogen-bond donors (Lipinski definition) is 1. The fourth-order valence-electron chi connectivity index (χ4n) is 4.19. The van der Waals surface area contributed by atoms with Crippen LogP contribution < -0.4 is 0 Å². The third-order valence-electron chi connectivity index (χ3n) is 4.99. The second-order valence-electron chi connectivity index (χ2n) is 6.22. The number of carbonyl (C=O) groups is 1. The summed E-state index contributed by atoms with van der Waals surface area (Å²) in [4.78, 5) is 17.6. The molecular formula is C16H22N2O2. The molecule has 0 amide bonds. The van der Waals surface area contributed by atoms with Gasteiger partial charge >= 0.3 is 5.97 Å². The van der Waals surface area contributed by atoms with Crippen LogP contribution in [0.2, 0.25) is 0 Å². The zero-order valence-corrected chi connectivity index (χ0v) is 11.9. The Balaban J connectivity index is 1.72. The monoisotopic (exact) mass is 274 g/mol. The molecule has 2 saturated heterocycles. The molecule has 0 radical (unpaired) electrons. The van der Waals surface area contributed by atoms with Crippen LogP contribution in [0.5, 0.6) is 0 Å². The first-order chi connectivity index (χ1) is 9.65. The van der Waals surface area contributed by atoms with Gasteiger partial charge < -0.3 is 5.11 Å². The largest absolute Gasteiger partial charge is 0.481 e. The Morgan fingerprint density at radius 1 is 1.35 bits per heavy atom. The maximum atomic E-state index is 10.9. The van der Waals surface area contributed by atoms with Crippen LogP contribution in [0.15, 0.2) is 24.5 Å². The van der Waals surface area contributed by atoms with Gasteiger partial charge in [-0.25, -0.2) is 0 Å². The SMILES string of the molecule is CC(c1ccncc1)N1C2CCC1CC(CC(=O)O)C2. The van der Waals surface area contributed by atoms with Gasteiger partial charge in [0.05, 0.1) is 0 Å². The Kier molecular flexibility index (Phi) is 3.74. The number of carboxylic acids is 1. The highest BCUT2D eigenvalue weighted by Crippen LogP contribution is 2.44. The number of rotatable bonds is 4. The molecule has 108 valence electrons. The first kappa shape index (κ1) is 13.6. The van der Waals surface area contributed by atoms with Gasteiger partial charge in [-0.15, -0.1) is 0 Å². The molecule has 3 heterocycles. The van der Waals surface area contributed by atoms with E-state index < -0.39 is 5.97 Å². The molecule has 0 aliphatic carbocycles. The molecule has 1 aromatic rings. The van der Waals surface area contributed by atoms with E-state index in [1.807, 2.05) is 12.4 Å². The quantitative estimate of drug-likeness (QED) is 0.917. The highest BCUT2D eigenvalue weighted by Gasteiger charge is 2.43. The summed E-state index contributed by atoms with van der Waals surface area (Å²) in [6, 6.07) is 5.70. The summed E-state index contributed by atoms with van der Waals surface area (Å²) in [5.41, 5.74) is 1.31. The van der Waals surface area contributed by atoms with Gasteiger partial charge in [-0.3, -0.25) is 14.7 Å². The van der Waals surface area contributed by atoms with Crippen molar-refractivity contribution < 1.29 is 9.90 Å². The summed E-state index contributed by atoms with van der Waals surface area (Å²) in [6.45, 7) is 2.26. The molecule has 0 saturated carbocycles. The van der Waals surface area contributed by atoms with E-state index in [0.29, 0.717) is 30.5 Å². The molecule has 2 fully saturated rings. The van der Waals surface area contributed by atoms with Gasteiger partial charge in [0, 0.05) is 36.9 Å².